The second kappa shape index (κ2) is 8.79. The number of ketones is 1. The number of rotatable bonds is 5. The highest BCUT2D eigenvalue weighted by molar-refractivity contribution is 7.89. The summed E-state index contributed by atoms with van der Waals surface area (Å²) in [6.45, 7) is 3.92. The van der Waals surface area contributed by atoms with Crippen molar-refractivity contribution in [1.82, 2.24) is 4.57 Å². The smallest absolute Gasteiger partial charge is 0.268 e. The normalized spacial score (nSPS) is 14.8. The maximum Gasteiger partial charge on any atom is 0.268 e. The van der Waals surface area contributed by atoms with Crippen molar-refractivity contribution in [3.63, 3.8) is 0 Å². The average molecular weight is 496 g/mol. The first kappa shape index (κ1) is 24.4. The molecule has 182 valence electrons. The summed E-state index contributed by atoms with van der Waals surface area (Å²) in [5.41, 5.74) is 0.526. The predicted molar refractivity (Wildman–Crippen MR) is 131 cm³/mol. The first-order valence-electron chi connectivity index (χ1n) is 10.8. The van der Waals surface area contributed by atoms with Crippen molar-refractivity contribution in [2.24, 2.45) is 10.6 Å². The lowest BCUT2D eigenvalue weighted by Gasteiger charge is -2.32. The number of amides is 1. The molecule has 1 aliphatic carbocycles. The Kier molecular flexibility index (Phi) is 6.12. The average Bonchev–Trinajstić information content (AvgIpc) is 2.78. The van der Waals surface area contributed by atoms with Crippen molar-refractivity contribution >= 4 is 27.4 Å². The number of Topliss-reactive ketones (excluding diaryl/α,β-unsaturated/α-hetero) is 1. The van der Waals surface area contributed by atoms with E-state index in [0.717, 1.165) is 0 Å². The second-order valence-corrected chi connectivity index (χ2v) is 10.8. The van der Waals surface area contributed by atoms with E-state index in [1.807, 2.05) is 13.8 Å². The van der Waals surface area contributed by atoms with Gasteiger partial charge >= 0.3 is 0 Å². The zero-order chi connectivity index (χ0) is 25.5. The largest absolute Gasteiger partial charge is 0.497 e. The van der Waals surface area contributed by atoms with Gasteiger partial charge in [0, 0.05) is 29.1 Å². The summed E-state index contributed by atoms with van der Waals surface area (Å²) < 4.78 is 29.5. The fraction of sp³-hybridized carbons (Fsp3) is 0.240. The van der Waals surface area contributed by atoms with Crippen LogP contribution >= 0.6 is 0 Å². The number of fused-ring (bicyclic) bond motifs is 1. The van der Waals surface area contributed by atoms with E-state index in [-0.39, 0.29) is 33.8 Å². The summed E-state index contributed by atoms with van der Waals surface area (Å²) in [6.07, 6.45) is 0.767. The molecule has 0 radical (unpaired) electrons. The molecule has 0 fully saturated rings. The molecular formula is C25H25N3O6S. The standard InChI is InChI=1S/C25H25N3O6S/c1-25(2)13-21-19(22(29)14-25)12-20(24(31)28(21)16-6-8-17(34-3)9-7-16)23(30)27-15-4-10-18(11-5-15)35(26,32)33/h4-12H,13-14H2,1-3H3,(H,27,30)(H2,26,32,33). The van der Waals surface area contributed by atoms with Gasteiger partial charge < -0.3 is 10.1 Å². The van der Waals surface area contributed by atoms with Crippen molar-refractivity contribution in [1.29, 1.82) is 0 Å². The van der Waals surface area contributed by atoms with Gasteiger partial charge in [-0.2, -0.15) is 0 Å². The number of nitrogens with zero attached hydrogens (tertiary/aromatic N) is 1. The molecule has 9 nitrogen and oxygen atoms in total. The molecule has 0 saturated heterocycles. The first-order valence-corrected chi connectivity index (χ1v) is 12.3. The van der Waals surface area contributed by atoms with Crippen LogP contribution in [0.5, 0.6) is 5.75 Å². The number of benzene rings is 2. The molecule has 3 aromatic rings. The van der Waals surface area contributed by atoms with Crippen molar-refractivity contribution in [2.75, 3.05) is 12.4 Å². The summed E-state index contributed by atoms with van der Waals surface area (Å²) in [5, 5.41) is 7.70. The van der Waals surface area contributed by atoms with Crippen LogP contribution in [-0.2, 0) is 16.4 Å². The highest BCUT2D eigenvalue weighted by Gasteiger charge is 2.35. The molecule has 2 aromatic carbocycles. The van der Waals surface area contributed by atoms with Crippen LogP contribution in [0.25, 0.3) is 5.69 Å². The summed E-state index contributed by atoms with van der Waals surface area (Å²) >= 11 is 0. The molecule has 4 rings (SSSR count). The van der Waals surface area contributed by atoms with Crippen LogP contribution in [0.4, 0.5) is 5.69 Å². The lowest BCUT2D eigenvalue weighted by molar-refractivity contribution is 0.0908. The van der Waals surface area contributed by atoms with Crippen molar-refractivity contribution < 1.29 is 22.7 Å². The second-order valence-electron chi connectivity index (χ2n) is 9.22. The van der Waals surface area contributed by atoms with E-state index in [2.05, 4.69) is 5.32 Å². The molecule has 1 aromatic heterocycles. The number of nitrogens with two attached hydrogens (primary N) is 1. The van der Waals surface area contributed by atoms with E-state index in [4.69, 9.17) is 9.88 Å². The predicted octanol–water partition coefficient (Wildman–Crippen LogP) is 2.90. The van der Waals surface area contributed by atoms with Gasteiger partial charge in [-0.3, -0.25) is 19.0 Å². The number of hydrogen-bond acceptors (Lipinski definition) is 6. The lowest BCUT2D eigenvalue weighted by atomic mass is 9.75. The maximum atomic E-state index is 13.6. The number of pyridine rings is 1. The first-order chi connectivity index (χ1) is 16.4. The molecular weight excluding hydrogens is 470 g/mol. The van der Waals surface area contributed by atoms with Gasteiger partial charge in [0.05, 0.1) is 12.0 Å². The summed E-state index contributed by atoms with van der Waals surface area (Å²) in [7, 11) is -2.35. The molecule has 0 bridgehead atoms. The molecule has 0 atom stereocenters. The van der Waals surface area contributed by atoms with Crippen LogP contribution in [0, 0.1) is 5.41 Å². The molecule has 10 heteroatoms. The minimum absolute atomic E-state index is 0.112. The quantitative estimate of drug-likeness (QED) is 0.558. The molecule has 0 spiro atoms. The number of aromatic nitrogens is 1. The zero-order valence-electron chi connectivity index (χ0n) is 19.5. The van der Waals surface area contributed by atoms with Gasteiger partial charge in [0.1, 0.15) is 11.3 Å². The SMILES string of the molecule is COc1ccc(-n2c3c(cc(C(=O)Nc4ccc(S(N)(=O)=O)cc4)c2=O)C(=O)CC(C)(C)C3)cc1. The Morgan fingerprint density at radius 3 is 2.23 bits per heavy atom. The Bertz CT molecular complexity index is 1490. The van der Waals surface area contributed by atoms with Gasteiger partial charge in [0.2, 0.25) is 10.0 Å². The molecule has 0 aliphatic heterocycles. The van der Waals surface area contributed by atoms with Crippen molar-refractivity contribution in [2.45, 2.75) is 31.6 Å². The monoisotopic (exact) mass is 495 g/mol. The Labute approximate surface area is 202 Å². The lowest BCUT2D eigenvalue weighted by Crippen LogP contribution is -2.37. The Morgan fingerprint density at radius 2 is 1.66 bits per heavy atom. The van der Waals surface area contributed by atoms with E-state index in [1.54, 1.807) is 24.3 Å². The Morgan fingerprint density at radius 1 is 1.03 bits per heavy atom. The number of anilines is 1. The third-order valence-electron chi connectivity index (χ3n) is 5.90. The molecule has 1 amide bonds. The van der Waals surface area contributed by atoms with Gasteiger partial charge in [-0.15, -0.1) is 0 Å². The number of nitrogens with one attached hydrogen (secondary N) is 1. The van der Waals surface area contributed by atoms with E-state index < -0.39 is 21.5 Å². The van der Waals surface area contributed by atoms with Crippen molar-refractivity contribution in [3.05, 3.63) is 81.8 Å². The third-order valence-corrected chi connectivity index (χ3v) is 6.83. The van der Waals surface area contributed by atoms with Crippen LogP contribution in [0.3, 0.4) is 0 Å². The molecule has 0 unspecified atom stereocenters. The van der Waals surface area contributed by atoms with Gasteiger partial charge in [-0.25, -0.2) is 13.6 Å². The minimum Gasteiger partial charge on any atom is -0.497 e. The van der Waals surface area contributed by atoms with Crippen LogP contribution in [0.15, 0.2) is 64.3 Å². The molecule has 3 N–H and O–H groups in total. The number of ether oxygens (including phenoxy) is 1. The molecule has 0 saturated carbocycles. The number of methoxy groups -OCH3 is 1. The maximum absolute atomic E-state index is 13.6. The number of primary sulfonamides is 1. The highest BCUT2D eigenvalue weighted by Crippen LogP contribution is 2.35. The van der Waals surface area contributed by atoms with Crippen LogP contribution in [0.1, 0.15) is 46.7 Å². The Balaban J connectivity index is 1.82. The van der Waals surface area contributed by atoms with Crippen LogP contribution in [0.2, 0.25) is 0 Å². The number of carbonyl (C=O) groups is 2. The van der Waals surface area contributed by atoms with E-state index in [9.17, 15) is 22.8 Å². The number of hydrogen-bond donors (Lipinski definition) is 2. The fourth-order valence-corrected chi connectivity index (χ4v) is 4.72. The topological polar surface area (TPSA) is 138 Å². The summed E-state index contributed by atoms with van der Waals surface area (Å²) in [5.74, 6) is -0.268. The molecule has 1 aliphatic rings. The minimum atomic E-state index is -3.89. The summed E-state index contributed by atoms with van der Waals surface area (Å²) in [4.78, 5) is 39.6. The van der Waals surface area contributed by atoms with Crippen LogP contribution < -0.4 is 20.8 Å². The molecule has 35 heavy (non-hydrogen) atoms. The number of sulfonamides is 1. The summed E-state index contributed by atoms with van der Waals surface area (Å²) in [6, 6.07) is 13.4. The number of carbonyl (C=O) groups excluding carboxylic acids is 2. The van der Waals surface area contributed by atoms with Gasteiger partial charge in [-0.1, -0.05) is 13.8 Å². The van der Waals surface area contributed by atoms with Crippen molar-refractivity contribution in [3.8, 4) is 11.4 Å². The highest BCUT2D eigenvalue weighted by atomic mass is 32.2. The van der Waals surface area contributed by atoms with Gasteiger partial charge in [0.15, 0.2) is 5.78 Å². The van der Waals surface area contributed by atoms with E-state index in [1.165, 1.54) is 42.0 Å². The van der Waals surface area contributed by atoms with E-state index in [0.29, 0.717) is 29.1 Å². The zero-order valence-corrected chi connectivity index (χ0v) is 20.3. The van der Waals surface area contributed by atoms with Gasteiger partial charge in [-0.05, 0) is 66.4 Å². The fourth-order valence-electron chi connectivity index (χ4n) is 4.21. The molecule has 1 heterocycles. The third kappa shape index (κ3) is 4.89. The Hall–Kier alpha value is -3.76. The van der Waals surface area contributed by atoms with E-state index >= 15 is 0 Å². The van der Waals surface area contributed by atoms with Crippen LogP contribution in [-0.4, -0.2) is 31.8 Å². The van der Waals surface area contributed by atoms with Gasteiger partial charge in [0.25, 0.3) is 11.5 Å².